The highest BCUT2D eigenvalue weighted by molar-refractivity contribution is 6.22. The molecule has 3 aliphatic heterocycles. The maximum Gasteiger partial charge on any atom is 0.261 e. The number of hydrogen-bond donors (Lipinski definition) is 1. The summed E-state index contributed by atoms with van der Waals surface area (Å²) in [4.78, 5) is 52.7. The van der Waals surface area contributed by atoms with Gasteiger partial charge in [0.25, 0.3) is 17.7 Å². The summed E-state index contributed by atoms with van der Waals surface area (Å²) in [5.41, 5.74) is 0.861. The topological polar surface area (TPSA) is 96.0 Å². The van der Waals surface area contributed by atoms with Crippen LogP contribution in [0.4, 0.5) is 0 Å². The Hall–Kier alpha value is -2.74. The maximum atomic E-state index is 12.7. The molecule has 0 saturated carbocycles. The van der Waals surface area contributed by atoms with Gasteiger partial charge in [-0.1, -0.05) is 0 Å². The minimum Gasteiger partial charge on any atom is -0.376 e. The van der Waals surface area contributed by atoms with Crippen LogP contribution >= 0.6 is 0 Å². The number of amides is 4. The number of nitrogens with zero attached hydrogens (tertiary/aromatic N) is 2. The van der Waals surface area contributed by atoms with E-state index in [0.717, 1.165) is 38.8 Å². The van der Waals surface area contributed by atoms with Crippen LogP contribution < -0.4 is 5.32 Å². The van der Waals surface area contributed by atoms with E-state index in [1.165, 1.54) is 23.1 Å². The van der Waals surface area contributed by atoms with E-state index in [-0.39, 0.29) is 54.8 Å². The van der Waals surface area contributed by atoms with Crippen molar-refractivity contribution >= 4 is 23.6 Å². The summed E-state index contributed by atoms with van der Waals surface area (Å²) in [6.45, 7) is 2.71. The lowest BCUT2D eigenvalue weighted by Crippen LogP contribution is -2.36. The average Bonchev–Trinajstić information content (AvgIpc) is 3.47. The molecule has 29 heavy (non-hydrogen) atoms. The fourth-order valence-corrected chi connectivity index (χ4v) is 4.10. The van der Waals surface area contributed by atoms with Crippen molar-refractivity contribution in [3.63, 3.8) is 0 Å². The molecule has 0 radical (unpaired) electrons. The molecule has 4 amide bonds. The van der Waals surface area contributed by atoms with Gasteiger partial charge in [0.05, 0.1) is 23.8 Å². The minimum atomic E-state index is -0.389. The first kappa shape index (κ1) is 19.6. The Bertz CT molecular complexity index is 841. The average molecular weight is 399 g/mol. The Kier molecular flexibility index (Phi) is 5.62. The molecule has 3 aliphatic rings. The van der Waals surface area contributed by atoms with Crippen molar-refractivity contribution in [2.75, 3.05) is 32.8 Å². The molecular formula is C21H25N3O5. The van der Waals surface area contributed by atoms with E-state index in [1.54, 1.807) is 0 Å². The molecule has 2 saturated heterocycles. The van der Waals surface area contributed by atoms with E-state index in [9.17, 15) is 19.2 Å². The number of hydrogen-bond acceptors (Lipinski definition) is 5. The fraction of sp³-hybridized carbons (Fsp3) is 0.524. The Labute approximate surface area is 169 Å². The summed E-state index contributed by atoms with van der Waals surface area (Å²) in [5, 5.41) is 2.72. The summed E-state index contributed by atoms with van der Waals surface area (Å²) in [6, 6.07) is 4.52. The molecule has 1 N–H and O–H groups in total. The summed E-state index contributed by atoms with van der Waals surface area (Å²) in [6.07, 6.45) is 3.96. The quantitative estimate of drug-likeness (QED) is 0.726. The number of likely N-dealkylation sites (tertiary alicyclic amines) is 1. The second-order valence-electron chi connectivity index (χ2n) is 7.71. The van der Waals surface area contributed by atoms with Crippen molar-refractivity contribution in [1.29, 1.82) is 0 Å². The molecular weight excluding hydrogens is 374 g/mol. The predicted octanol–water partition coefficient (Wildman–Crippen LogP) is 1.20. The highest BCUT2D eigenvalue weighted by Crippen LogP contribution is 2.26. The molecule has 154 valence electrons. The summed E-state index contributed by atoms with van der Waals surface area (Å²) < 4.78 is 5.53. The largest absolute Gasteiger partial charge is 0.376 e. The van der Waals surface area contributed by atoms with Crippen LogP contribution in [-0.2, 0) is 9.53 Å². The highest BCUT2D eigenvalue weighted by atomic mass is 16.5. The van der Waals surface area contributed by atoms with Crippen LogP contribution in [0.3, 0.4) is 0 Å². The van der Waals surface area contributed by atoms with Crippen molar-refractivity contribution in [1.82, 2.24) is 15.1 Å². The van der Waals surface area contributed by atoms with Gasteiger partial charge >= 0.3 is 0 Å². The zero-order valence-corrected chi connectivity index (χ0v) is 16.3. The molecule has 1 unspecified atom stereocenters. The van der Waals surface area contributed by atoms with Gasteiger partial charge in [0, 0.05) is 38.2 Å². The molecule has 0 bridgehead atoms. The Morgan fingerprint density at radius 1 is 1.07 bits per heavy atom. The van der Waals surface area contributed by atoms with Gasteiger partial charge in [0.2, 0.25) is 5.91 Å². The number of ether oxygens (including phenoxy) is 1. The van der Waals surface area contributed by atoms with Gasteiger partial charge in [-0.15, -0.1) is 0 Å². The third-order valence-electron chi connectivity index (χ3n) is 5.73. The van der Waals surface area contributed by atoms with E-state index in [1.807, 2.05) is 4.90 Å². The van der Waals surface area contributed by atoms with Crippen molar-refractivity contribution in [2.24, 2.45) is 0 Å². The molecule has 2 fully saturated rings. The van der Waals surface area contributed by atoms with E-state index in [0.29, 0.717) is 17.7 Å². The smallest absolute Gasteiger partial charge is 0.261 e. The van der Waals surface area contributed by atoms with Crippen LogP contribution in [0, 0.1) is 0 Å². The van der Waals surface area contributed by atoms with Gasteiger partial charge in [0.15, 0.2) is 0 Å². The van der Waals surface area contributed by atoms with Crippen molar-refractivity contribution in [3.05, 3.63) is 34.9 Å². The lowest BCUT2D eigenvalue weighted by atomic mass is 10.1. The molecule has 8 nitrogen and oxygen atoms in total. The van der Waals surface area contributed by atoms with E-state index in [4.69, 9.17) is 4.74 Å². The first-order valence-corrected chi connectivity index (χ1v) is 10.2. The van der Waals surface area contributed by atoms with Crippen LogP contribution in [0.2, 0.25) is 0 Å². The van der Waals surface area contributed by atoms with Crippen molar-refractivity contribution in [2.45, 2.75) is 38.2 Å². The van der Waals surface area contributed by atoms with Crippen molar-refractivity contribution < 1.29 is 23.9 Å². The Balaban J connectivity index is 1.36. The maximum absolute atomic E-state index is 12.7. The summed E-state index contributed by atoms with van der Waals surface area (Å²) in [7, 11) is 0. The first-order valence-electron chi connectivity index (χ1n) is 10.2. The molecule has 0 spiro atoms. The molecule has 1 aromatic rings. The fourth-order valence-electron chi connectivity index (χ4n) is 4.10. The number of imide groups is 1. The zero-order valence-electron chi connectivity index (χ0n) is 16.3. The highest BCUT2D eigenvalue weighted by Gasteiger charge is 2.37. The van der Waals surface area contributed by atoms with E-state index >= 15 is 0 Å². The molecule has 0 aromatic heterocycles. The number of carbonyl (C=O) groups excluding carboxylic acids is 4. The molecule has 3 heterocycles. The van der Waals surface area contributed by atoms with Gasteiger partial charge < -0.3 is 15.0 Å². The van der Waals surface area contributed by atoms with Gasteiger partial charge in [0.1, 0.15) is 0 Å². The standard InChI is InChI=1S/C21H25N3O5/c25-18(23-9-1-2-10-23)7-8-22-19(26)14-5-6-16-17(12-14)21(28)24(20(16)27)13-15-4-3-11-29-15/h5-6,12,15H,1-4,7-11,13H2,(H,22,26). The van der Waals surface area contributed by atoms with Gasteiger partial charge in [-0.05, 0) is 43.9 Å². The molecule has 0 aliphatic carbocycles. The minimum absolute atomic E-state index is 0.0438. The first-order chi connectivity index (χ1) is 14.0. The normalized spacial score (nSPS) is 21.0. The number of rotatable bonds is 6. The summed E-state index contributed by atoms with van der Waals surface area (Å²) >= 11 is 0. The zero-order chi connectivity index (χ0) is 20.4. The monoisotopic (exact) mass is 399 g/mol. The van der Waals surface area contributed by atoms with Crippen LogP contribution in [0.1, 0.15) is 63.2 Å². The van der Waals surface area contributed by atoms with Gasteiger partial charge in [-0.3, -0.25) is 24.1 Å². The second kappa shape index (κ2) is 8.32. The van der Waals surface area contributed by atoms with Crippen LogP contribution in [0.15, 0.2) is 18.2 Å². The summed E-state index contributed by atoms with van der Waals surface area (Å²) in [5.74, 6) is -1.05. The lowest BCUT2D eigenvalue weighted by molar-refractivity contribution is -0.129. The number of fused-ring (bicyclic) bond motifs is 1. The Morgan fingerprint density at radius 2 is 1.83 bits per heavy atom. The second-order valence-corrected chi connectivity index (χ2v) is 7.71. The molecule has 1 atom stereocenters. The molecule has 1 aromatic carbocycles. The number of benzene rings is 1. The third kappa shape index (κ3) is 4.03. The third-order valence-corrected chi connectivity index (χ3v) is 5.73. The molecule has 8 heteroatoms. The van der Waals surface area contributed by atoms with E-state index < -0.39 is 0 Å². The van der Waals surface area contributed by atoms with Crippen LogP contribution in [0.25, 0.3) is 0 Å². The van der Waals surface area contributed by atoms with E-state index in [2.05, 4.69) is 5.32 Å². The van der Waals surface area contributed by atoms with Gasteiger partial charge in [-0.25, -0.2) is 0 Å². The molecule has 4 rings (SSSR count). The SMILES string of the molecule is O=C(NCCC(=O)N1CCCC1)c1ccc2c(c1)C(=O)N(CC1CCCO1)C2=O. The lowest BCUT2D eigenvalue weighted by Gasteiger charge is -2.17. The van der Waals surface area contributed by atoms with Crippen LogP contribution in [-0.4, -0.2) is 72.3 Å². The Morgan fingerprint density at radius 3 is 2.55 bits per heavy atom. The predicted molar refractivity (Wildman–Crippen MR) is 104 cm³/mol. The number of carbonyl (C=O) groups is 4. The number of nitrogens with one attached hydrogen (secondary N) is 1. The van der Waals surface area contributed by atoms with Gasteiger partial charge in [-0.2, -0.15) is 0 Å². The van der Waals surface area contributed by atoms with Crippen LogP contribution in [0.5, 0.6) is 0 Å². The van der Waals surface area contributed by atoms with Crippen molar-refractivity contribution in [3.8, 4) is 0 Å².